The molecule has 2 atom stereocenters. The number of allylic oxidation sites excluding steroid dienone is 2. The van der Waals surface area contributed by atoms with E-state index in [2.05, 4.69) is 49.0 Å². The van der Waals surface area contributed by atoms with Gasteiger partial charge in [-0.25, -0.2) is 4.79 Å². The van der Waals surface area contributed by atoms with Crippen LogP contribution in [0.15, 0.2) is 35.4 Å². The highest BCUT2D eigenvalue weighted by Crippen LogP contribution is 2.35. The predicted molar refractivity (Wildman–Crippen MR) is 261 cm³/mol. The number of hydrogen-bond acceptors (Lipinski definition) is 7. The van der Waals surface area contributed by atoms with Crippen LogP contribution < -0.4 is 27.0 Å². The van der Waals surface area contributed by atoms with E-state index in [4.69, 9.17) is 5.73 Å². The van der Waals surface area contributed by atoms with Crippen molar-refractivity contribution in [1.82, 2.24) is 25.8 Å². The number of likely N-dealkylation sites (N-methyl/N-ethyl adjacent to an activating group) is 2. The lowest BCUT2D eigenvalue weighted by atomic mass is 9.77. The van der Waals surface area contributed by atoms with Crippen molar-refractivity contribution in [2.45, 2.75) is 166 Å². The molecule has 0 aromatic heterocycles. The topological polar surface area (TPSA) is 200 Å². The van der Waals surface area contributed by atoms with E-state index < -0.39 is 12.1 Å². The molecule has 7 amide bonds. The van der Waals surface area contributed by atoms with Crippen LogP contribution in [0, 0.1) is 23.7 Å². The summed E-state index contributed by atoms with van der Waals surface area (Å²) in [5, 5.41) is 10.6. The van der Waals surface area contributed by atoms with E-state index in [1.165, 1.54) is 24.8 Å². The quantitative estimate of drug-likeness (QED) is 0.0509. The van der Waals surface area contributed by atoms with Crippen LogP contribution in [-0.2, 0) is 35.2 Å². The normalized spacial score (nSPS) is 12.4. The van der Waals surface area contributed by atoms with E-state index in [0.29, 0.717) is 62.2 Å². The van der Waals surface area contributed by atoms with Crippen molar-refractivity contribution in [3.05, 3.63) is 41.0 Å². The van der Waals surface area contributed by atoms with Gasteiger partial charge >= 0.3 is 6.03 Å². The number of primary amides is 1. The Balaban J connectivity index is 0. The van der Waals surface area contributed by atoms with Gasteiger partial charge in [0.2, 0.25) is 29.5 Å². The maximum absolute atomic E-state index is 12.6. The number of nitrogens with zero attached hydrogens (tertiary/aromatic N) is 2. The first-order valence-corrected chi connectivity index (χ1v) is 23.8. The molecule has 1 fully saturated rings. The summed E-state index contributed by atoms with van der Waals surface area (Å²) in [6.45, 7) is 25.3. The third kappa shape index (κ3) is 28.1. The molecular formula is C50H89N7O7. The van der Waals surface area contributed by atoms with Crippen molar-refractivity contribution in [2.24, 2.45) is 29.4 Å². The second-order valence-corrected chi connectivity index (χ2v) is 17.5. The average Bonchev–Trinajstić information content (AvgIpc) is 3.23. The maximum atomic E-state index is 12.6. The summed E-state index contributed by atoms with van der Waals surface area (Å²) in [6, 6.07) is 6.06. The van der Waals surface area contributed by atoms with Crippen LogP contribution in [0.1, 0.15) is 159 Å². The molecule has 0 radical (unpaired) electrons. The summed E-state index contributed by atoms with van der Waals surface area (Å²) in [4.78, 5) is 86.1. The number of Topliss-reactive ketones (excluding diaryl/α,β-unsaturated/α-hetero) is 1. The van der Waals surface area contributed by atoms with Gasteiger partial charge in [0, 0.05) is 64.6 Å². The Labute approximate surface area is 387 Å². The molecule has 1 aromatic carbocycles. The Morgan fingerprint density at radius 2 is 1.33 bits per heavy atom. The number of unbranched alkanes of at least 4 members (excludes halogenated alkanes) is 3. The van der Waals surface area contributed by atoms with E-state index in [1.807, 2.05) is 60.6 Å². The molecule has 6 N–H and O–H groups in total. The molecule has 0 saturated heterocycles. The number of aryl methyl sites for hydroxylation is 1. The number of benzene rings is 1. The van der Waals surface area contributed by atoms with Crippen molar-refractivity contribution in [1.29, 1.82) is 0 Å². The number of nitrogens with two attached hydrogens (primary N) is 1. The number of amides is 7. The molecule has 1 aromatic rings. The van der Waals surface area contributed by atoms with Crippen LogP contribution in [0.5, 0.6) is 0 Å². The Bertz CT molecular complexity index is 1570. The van der Waals surface area contributed by atoms with Gasteiger partial charge < -0.3 is 41.6 Å². The summed E-state index contributed by atoms with van der Waals surface area (Å²) in [7, 11) is 3.48. The molecular weight excluding hydrogens is 811 g/mol. The summed E-state index contributed by atoms with van der Waals surface area (Å²) >= 11 is 0. The molecule has 0 bridgehead atoms. The minimum atomic E-state index is -0.703. The number of urea groups is 1. The average molecular weight is 900 g/mol. The van der Waals surface area contributed by atoms with E-state index in [1.54, 1.807) is 48.5 Å². The second kappa shape index (κ2) is 35.6. The van der Waals surface area contributed by atoms with Crippen LogP contribution in [0.2, 0.25) is 0 Å². The fraction of sp³-hybridized carbons (Fsp3) is 0.700. The van der Waals surface area contributed by atoms with E-state index in [0.717, 1.165) is 44.1 Å². The molecule has 366 valence electrons. The lowest BCUT2D eigenvalue weighted by Crippen LogP contribution is -2.51. The fourth-order valence-corrected chi connectivity index (χ4v) is 6.60. The van der Waals surface area contributed by atoms with Gasteiger partial charge in [0.1, 0.15) is 11.8 Å². The predicted octanol–water partition coefficient (Wildman–Crippen LogP) is 8.19. The smallest absolute Gasteiger partial charge is 0.312 e. The zero-order valence-corrected chi connectivity index (χ0v) is 42.3. The van der Waals surface area contributed by atoms with Crippen molar-refractivity contribution in [2.75, 3.05) is 45.6 Å². The van der Waals surface area contributed by atoms with E-state index in [-0.39, 0.29) is 47.9 Å². The molecule has 1 aliphatic rings. The lowest BCUT2D eigenvalue weighted by Gasteiger charge is -2.28. The Kier molecular flexibility index (Phi) is 34.1. The Morgan fingerprint density at radius 3 is 1.78 bits per heavy atom. The first-order chi connectivity index (χ1) is 30.1. The first kappa shape index (κ1) is 61.3. The molecule has 2 unspecified atom stereocenters. The molecule has 0 spiro atoms. The molecule has 1 aliphatic carbocycles. The monoisotopic (exact) mass is 900 g/mol. The number of nitrogens with one attached hydrogen (secondary N) is 4. The first-order valence-electron chi connectivity index (χ1n) is 23.8. The summed E-state index contributed by atoms with van der Waals surface area (Å²) < 4.78 is 0. The molecule has 0 aliphatic heterocycles. The number of rotatable bonds is 24. The highest BCUT2D eigenvalue weighted by molar-refractivity contribution is 5.96. The van der Waals surface area contributed by atoms with Crippen molar-refractivity contribution < 1.29 is 33.6 Å². The molecule has 2 rings (SSSR count). The lowest BCUT2D eigenvalue weighted by molar-refractivity contribution is -0.135. The van der Waals surface area contributed by atoms with Gasteiger partial charge in [-0.05, 0) is 87.8 Å². The van der Waals surface area contributed by atoms with Gasteiger partial charge in [-0.1, -0.05) is 112 Å². The molecule has 14 nitrogen and oxygen atoms in total. The fourth-order valence-electron chi connectivity index (χ4n) is 6.60. The van der Waals surface area contributed by atoms with E-state index >= 15 is 0 Å². The van der Waals surface area contributed by atoms with Gasteiger partial charge in [-0.15, -0.1) is 0 Å². The highest BCUT2D eigenvalue weighted by Gasteiger charge is 2.25. The Hall–Kier alpha value is -4.75. The van der Waals surface area contributed by atoms with Crippen LogP contribution in [0.4, 0.5) is 10.5 Å². The van der Waals surface area contributed by atoms with Gasteiger partial charge in [-0.3, -0.25) is 24.0 Å². The van der Waals surface area contributed by atoms with Gasteiger partial charge in [0.25, 0.3) is 0 Å². The summed E-state index contributed by atoms with van der Waals surface area (Å²) in [5.41, 5.74) is 9.38. The van der Waals surface area contributed by atoms with Crippen LogP contribution >= 0.6 is 0 Å². The third-order valence-corrected chi connectivity index (χ3v) is 10.8. The van der Waals surface area contributed by atoms with Crippen LogP contribution in [0.25, 0.3) is 0 Å². The van der Waals surface area contributed by atoms with Crippen LogP contribution in [0.3, 0.4) is 0 Å². The molecule has 1 saturated carbocycles. The minimum Gasteiger partial charge on any atom is -0.352 e. The van der Waals surface area contributed by atoms with Crippen molar-refractivity contribution in [3.8, 4) is 0 Å². The Morgan fingerprint density at radius 1 is 0.734 bits per heavy atom. The molecule has 64 heavy (non-hydrogen) atoms. The zero-order chi connectivity index (χ0) is 49.4. The van der Waals surface area contributed by atoms with Gasteiger partial charge in [0.15, 0.2) is 0 Å². The van der Waals surface area contributed by atoms with Gasteiger partial charge in [-0.2, -0.15) is 0 Å². The number of hydrogen-bond donors (Lipinski definition) is 5. The molecule has 0 heterocycles. The zero-order valence-electron chi connectivity index (χ0n) is 42.3. The number of carbonyl (C=O) groups excluding carboxylic acids is 7. The summed E-state index contributed by atoms with van der Waals surface area (Å²) in [6.07, 6.45) is 10.8. The summed E-state index contributed by atoms with van der Waals surface area (Å²) in [5.74, 6) is 0.336. The second-order valence-electron chi connectivity index (χ2n) is 17.5. The van der Waals surface area contributed by atoms with Gasteiger partial charge in [0.05, 0.1) is 6.54 Å². The van der Waals surface area contributed by atoms with Crippen molar-refractivity contribution in [3.63, 3.8) is 0 Å². The number of ketones is 1. The SMILES string of the molecule is CC.CC(=O)CC(C(C)=C1CCC1)C(C)C.CCCCCCC(=O)NC(C(=O)NCC(=O)Nc1ccc(CCC(=O)N(C)CCN(C)C(=O)C(C)C)cc1)C(C)C.CCCNC(N)=O. The standard InChI is InChI=1S/C31H51N5O5.C13H22O.C4H10N2O.C2H6/c1-8-9-10-11-12-26(37)34-29(22(2)3)30(40)32-21-27(38)33-25-16-13-24(14-17-25)15-18-28(39)35(6)19-20-36(7)31(41)23(4)5;1-9(2)13(8-10(3)14)11(4)12-6-5-7-12;1-2-3-6-4(5)7;1-2/h13-14,16-17,22-23,29H,8-12,15,18-21H2,1-7H3,(H,32,40)(H,33,38)(H,34,37);9,13H,5-8H2,1-4H3;2-3H2,1H3,(H3,5,6,7);1-2H3. The molecule has 14 heteroatoms. The van der Waals surface area contributed by atoms with Crippen LogP contribution in [-0.4, -0.2) is 97.5 Å². The maximum Gasteiger partial charge on any atom is 0.312 e. The van der Waals surface area contributed by atoms with E-state index in [9.17, 15) is 33.6 Å². The van der Waals surface area contributed by atoms with Crippen molar-refractivity contribution >= 4 is 47.0 Å². The number of anilines is 1. The largest absolute Gasteiger partial charge is 0.352 e. The highest BCUT2D eigenvalue weighted by atomic mass is 16.2. The third-order valence-electron chi connectivity index (χ3n) is 10.8. The number of carbonyl (C=O) groups is 7. The minimum absolute atomic E-state index is 0.00379.